The van der Waals surface area contributed by atoms with Crippen LogP contribution in [0, 0.1) is 0 Å². The molecule has 0 bridgehead atoms. The number of hydrogen-bond donors (Lipinski definition) is 0. The number of ether oxygens (including phenoxy) is 3. The molecule has 0 N–H and O–H groups in total. The maximum atomic E-state index is 6.14. The molecule has 1 heterocycles. The number of likely N-dealkylation sites (tertiary alicyclic amines) is 1. The van der Waals surface area contributed by atoms with Crippen molar-refractivity contribution in [3.05, 3.63) is 115 Å². The van der Waals surface area contributed by atoms with Crippen LogP contribution in [-0.2, 0) is 6.54 Å². The van der Waals surface area contributed by atoms with Gasteiger partial charge in [-0.2, -0.15) is 0 Å². The summed E-state index contributed by atoms with van der Waals surface area (Å²) in [6.07, 6.45) is 0.197. The highest BCUT2D eigenvalue weighted by Crippen LogP contribution is 2.27. The molecule has 0 aromatic heterocycles. The Balaban J connectivity index is 1.09. The first-order valence-corrected chi connectivity index (χ1v) is 10.8. The zero-order valence-electron chi connectivity index (χ0n) is 17.8. The van der Waals surface area contributed by atoms with Crippen LogP contribution in [0.15, 0.2) is 109 Å². The Labute approximate surface area is 188 Å². The second kappa shape index (κ2) is 9.58. The first-order chi connectivity index (χ1) is 15.8. The van der Waals surface area contributed by atoms with Gasteiger partial charge in [-0.05, 0) is 54.1 Å². The van der Waals surface area contributed by atoms with Crippen LogP contribution in [0.5, 0.6) is 28.7 Å². The molecule has 4 aromatic carbocycles. The summed E-state index contributed by atoms with van der Waals surface area (Å²) < 4.78 is 17.9. The lowest BCUT2D eigenvalue weighted by Crippen LogP contribution is -2.53. The van der Waals surface area contributed by atoms with Crippen LogP contribution < -0.4 is 14.2 Å². The van der Waals surface area contributed by atoms with E-state index in [-0.39, 0.29) is 6.10 Å². The average molecular weight is 424 g/mol. The van der Waals surface area contributed by atoms with Gasteiger partial charge >= 0.3 is 0 Å². The topological polar surface area (TPSA) is 30.9 Å². The van der Waals surface area contributed by atoms with Crippen molar-refractivity contribution in [1.82, 2.24) is 4.90 Å². The van der Waals surface area contributed by atoms with E-state index in [1.807, 2.05) is 97.1 Å². The summed E-state index contributed by atoms with van der Waals surface area (Å²) in [5.41, 5.74) is 1.27. The van der Waals surface area contributed by atoms with E-state index in [0.717, 1.165) is 48.4 Å². The van der Waals surface area contributed by atoms with Gasteiger partial charge in [-0.3, -0.25) is 4.90 Å². The van der Waals surface area contributed by atoms with Gasteiger partial charge in [0, 0.05) is 25.7 Å². The SMILES string of the molecule is c1ccc(Oc2ccc(CN3CC(Oc4cccc(Oc5ccccc5)c4)C3)cc2)cc1. The Kier molecular flexibility index (Phi) is 6.04. The predicted octanol–water partition coefficient (Wildman–Crippen LogP) is 6.53. The van der Waals surface area contributed by atoms with Crippen LogP contribution >= 0.6 is 0 Å². The van der Waals surface area contributed by atoms with E-state index in [2.05, 4.69) is 17.0 Å². The molecule has 0 spiro atoms. The summed E-state index contributed by atoms with van der Waals surface area (Å²) in [4.78, 5) is 2.38. The number of benzene rings is 4. The highest BCUT2D eigenvalue weighted by molar-refractivity contribution is 5.37. The zero-order chi connectivity index (χ0) is 21.6. The van der Waals surface area contributed by atoms with E-state index >= 15 is 0 Å². The number of rotatable bonds is 8. The van der Waals surface area contributed by atoms with Gasteiger partial charge in [-0.15, -0.1) is 0 Å². The molecule has 4 nitrogen and oxygen atoms in total. The third-order valence-corrected chi connectivity index (χ3v) is 5.32. The van der Waals surface area contributed by atoms with Gasteiger partial charge < -0.3 is 14.2 Å². The first-order valence-electron chi connectivity index (χ1n) is 10.8. The molecule has 0 aliphatic carbocycles. The fourth-order valence-corrected chi connectivity index (χ4v) is 3.70. The highest BCUT2D eigenvalue weighted by atomic mass is 16.5. The maximum Gasteiger partial charge on any atom is 0.131 e. The molecular weight excluding hydrogens is 398 g/mol. The third-order valence-electron chi connectivity index (χ3n) is 5.32. The molecule has 0 amide bonds. The van der Waals surface area contributed by atoms with Crippen LogP contribution in [0.3, 0.4) is 0 Å². The molecule has 4 heteroatoms. The zero-order valence-corrected chi connectivity index (χ0v) is 17.8. The summed E-state index contributed by atoms with van der Waals surface area (Å²) in [5.74, 6) is 4.14. The minimum atomic E-state index is 0.197. The molecule has 0 atom stereocenters. The van der Waals surface area contributed by atoms with Gasteiger partial charge in [0.15, 0.2) is 0 Å². The normalized spacial score (nSPS) is 13.9. The number of hydrogen-bond acceptors (Lipinski definition) is 4. The monoisotopic (exact) mass is 423 g/mol. The van der Waals surface area contributed by atoms with Gasteiger partial charge in [-0.25, -0.2) is 0 Å². The lowest BCUT2D eigenvalue weighted by Gasteiger charge is -2.39. The van der Waals surface area contributed by atoms with Crippen LogP contribution in [0.4, 0.5) is 0 Å². The molecule has 0 radical (unpaired) electrons. The van der Waals surface area contributed by atoms with E-state index in [9.17, 15) is 0 Å². The maximum absolute atomic E-state index is 6.14. The Morgan fingerprint density at radius 1 is 0.562 bits per heavy atom. The fourth-order valence-electron chi connectivity index (χ4n) is 3.70. The average Bonchev–Trinajstić information content (AvgIpc) is 2.80. The lowest BCUT2D eigenvalue weighted by atomic mass is 10.1. The van der Waals surface area contributed by atoms with Crippen molar-refractivity contribution in [3.63, 3.8) is 0 Å². The Bertz CT molecular complexity index is 1120. The predicted molar refractivity (Wildman–Crippen MR) is 126 cm³/mol. The van der Waals surface area contributed by atoms with Crippen molar-refractivity contribution in [2.24, 2.45) is 0 Å². The second-order valence-electron chi connectivity index (χ2n) is 7.88. The van der Waals surface area contributed by atoms with Crippen molar-refractivity contribution < 1.29 is 14.2 Å². The standard InChI is InChI=1S/C28H25NO3/c1-3-8-23(9-4-1)30-25-16-14-22(15-17-25)19-29-20-28(21-29)32-27-13-7-12-26(18-27)31-24-10-5-2-6-11-24/h1-18,28H,19-21H2. The molecule has 0 unspecified atom stereocenters. The third kappa shape index (κ3) is 5.29. The van der Waals surface area contributed by atoms with Crippen molar-refractivity contribution in [1.29, 1.82) is 0 Å². The van der Waals surface area contributed by atoms with Gasteiger partial charge in [0.25, 0.3) is 0 Å². The minimum absolute atomic E-state index is 0.197. The molecule has 5 rings (SSSR count). The molecule has 160 valence electrons. The van der Waals surface area contributed by atoms with E-state index in [4.69, 9.17) is 14.2 Å². The molecular formula is C28H25NO3. The van der Waals surface area contributed by atoms with Crippen LogP contribution in [0.1, 0.15) is 5.56 Å². The van der Waals surface area contributed by atoms with E-state index in [1.54, 1.807) is 0 Å². The molecule has 32 heavy (non-hydrogen) atoms. The molecule has 0 saturated carbocycles. The van der Waals surface area contributed by atoms with Crippen LogP contribution in [0.25, 0.3) is 0 Å². The summed E-state index contributed by atoms with van der Waals surface area (Å²) in [6.45, 7) is 2.72. The number of nitrogens with zero attached hydrogens (tertiary/aromatic N) is 1. The Morgan fingerprint density at radius 3 is 1.75 bits per heavy atom. The molecule has 1 aliphatic rings. The summed E-state index contributed by atoms with van der Waals surface area (Å²) in [6, 6.07) is 35.7. The highest BCUT2D eigenvalue weighted by Gasteiger charge is 2.28. The van der Waals surface area contributed by atoms with Gasteiger partial charge in [0.05, 0.1) is 0 Å². The van der Waals surface area contributed by atoms with Crippen LogP contribution in [0.2, 0.25) is 0 Å². The molecule has 1 aliphatic heterocycles. The Morgan fingerprint density at radius 2 is 1.09 bits per heavy atom. The number of para-hydroxylation sites is 2. The van der Waals surface area contributed by atoms with Crippen molar-refractivity contribution >= 4 is 0 Å². The van der Waals surface area contributed by atoms with Crippen molar-refractivity contribution in [3.8, 4) is 28.7 Å². The largest absolute Gasteiger partial charge is 0.488 e. The van der Waals surface area contributed by atoms with Gasteiger partial charge in [0.2, 0.25) is 0 Å². The van der Waals surface area contributed by atoms with E-state index in [0.29, 0.717) is 0 Å². The Hall–Kier alpha value is -3.76. The van der Waals surface area contributed by atoms with Crippen molar-refractivity contribution in [2.45, 2.75) is 12.6 Å². The minimum Gasteiger partial charge on any atom is -0.488 e. The molecule has 4 aromatic rings. The van der Waals surface area contributed by atoms with E-state index in [1.165, 1.54) is 5.56 Å². The lowest BCUT2D eigenvalue weighted by molar-refractivity contribution is 0.0145. The first kappa shape index (κ1) is 20.2. The summed E-state index contributed by atoms with van der Waals surface area (Å²) in [7, 11) is 0. The quantitative estimate of drug-likeness (QED) is 0.322. The molecule has 1 fully saturated rings. The van der Waals surface area contributed by atoms with Crippen LogP contribution in [-0.4, -0.2) is 24.1 Å². The van der Waals surface area contributed by atoms with E-state index < -0.39 is 0 Å². The van der Waals surface area contributed by atoms with Crippen molar-refractivity contribution in [2.75, 3.05) is 13.1 Å². The summed E-state index contributed by atoms with van der Waals surface area (Å²) in [5, 5.41) is 0. The van der Waals surface area contributed by atoms with Gasteiger partial charge in [-0.1, -0.05) is 54.6 Å². The fraction of sp³-hybridized carbons (Fsp3) is 0.143. The summed E-state index contributed by atoms with van der Waals surface area (Å²) >= 11 is 0. The smallest absolute Gasteiger partial charge is 0.131 e. The van der Waals surface area contributed by atoms with Gasteiger partial charge in [0.1, 0.15) is 34.9 Å². The second-order valence-corrected chi connectivity index (χ2v) is 7.88. The molecule has 1 saturated heterocycles.